The van der Waals surface area contributed by atoms with Crippen LogP contribution in [0.15, 0.2) is 18.2 Å². The summed E-state index contributed by atoms with van der Waals surface area (Å²) in [7, 11) is 0. The number of carbonyl (C=O) groups is 2. The Morgan fingerprint density at radius 2 is 2.05 bits per heavy atom. The van der Waals surface area contributed by atoms with Gasteiger partial charge in [-0.25, -0.2) is 4.79 Å². The second kappa shape index (κ2) is 6.33. The van der Waals surface area contributed by atoms with Gasteiger partial charge in [0.2, 0.25) is 5.91 Å². The molecule has 1 aromatic rings. The lowest BCUT2D eigenvalue weighted by Crippen LogP contribution is -2.40. The molecule has 1 rings (SSSR count). The molecule has 5 nitrogen and oxygen atoms in total. The maximum Gasteiger partial charge on any atom is 0.336 e. The number of benzene rings is 1. The van der Waals surface area contributed by atoms with E-state index in [1.807, 2.05) is 13.8 Å². The molecule has 0 heterocycles. The van der Waals surface area contributed by atoms with Crippen LogP contribution in [0.1, 0.15) is 36.2 Å². The van der Waals surface area contributed by atoms with E-state index in [1.54, 1.807) is 19.1 Å². The Morgan fingerprint density at radius 1 is 1.42 bits per heavy atom. The van der Waals surface area contributed by atoms with Crippen LogP contribution in [0.2, 0.25) is 0 Å². The van der Waals surface area contributed by atoms with E-state index in [1.165, 1.54) is 6.07 Å². The van der Waals surface area contributed by atoms with E-state index in [-0.39, 0.29) is 17.4 Å². The van der Waals surface area contributed by atoms with E-state index in [4.69, 9.17) is 10.8 Å². The molecule has 0 bridgehead atoms. The molecule has 0 unspecified atom stereocenters. The van der Waals surface area contributed by atoms with Gasteiger partial charge in [0.25, 0.3) is 0 Å². The van der Waals surface area contributed by atoms with Crippen LogP contribution in [0.4, 0.5) is 5.69 Å². The van der Waals surface area contributed by atoms with E-state index in [0.29, 0.717) is 11.3 Å². The first-order valence-corrected chi connectivity index (χ1v) is 6.27. The van der Waals surface area contributed by atoms with Crippen molar-refractivity contribution in [3.05, 3.63) is 29.3 Å². The molecule has 0 aliphatic carbocycles. The molecule has 104 valence electrons. The topological polar surface area (TPSA) is 92.4 Å². The molecule has 0 saturated heterocycles. The number of rotatable bonds is 5. The maximum atomic E-state index is 12.0. The SMILES string of the molecule is CC[C@H](C)[C@H](N)C(=O)Nc1cccc(C(=O)O)c1C. The van der Waals surface area contributed by atoms with E-state index in [2.05, 4.69) is 5.32 Å². The number of hydrogen-bond donors (Lipinski definition) is 3. The van der Waals surface area contributed by atoms with Crippen LogP contribution in [-0.4, -0.2) is 23.0 Å². The van der Waals surface area contributed by atoms with Crippen molar-refractivity contribution in [1.82, 2.24) is 0 Å². The average Bonchev–Trinajstić information content (AvgIpc) is 2.38. The molecule has 0 fully saturated rings. The lowest BCUT2D eigenvalue weighted by molar-refractivity contribution is -0.118. The lowest BCUT2D eigenvalue weighted by Gasteiger charge is -2.18. The molecule has 0 radical (unpaired) electrons. The minimum absolute atomic E-state index is 0.0722. The maximum absolute atomic E-state index is 12.0. The fourth-order valence-electron chi connectivity index (χ4n) is 1.73. The Bertz CT molecular complexity index is 486. The van der Waals surface area contributed by atoms with E-state index in [9.17, 15) is 9.59 Å². The first-order chi connectivity index (χ1) is 8.88. The molecule has 0 aliphatic heterocycles. The minimum Gasteiger partial charge on any atom is -0.478 e. The van der Waals surface area contributed by atoms with Gasteiger partial charge in [-0.15, -0.1) is 0 Å². The largest absolute Gasteiger partial charge is 0.478 e. The molecule has 0 aromatic heterocycles. The number of nitrogens with two attached hydrogens (primary N) is 1. The third-order valence-corrected chi connectivity index (χ3v) is 3.38. The lowest BCUT2D eigenvalue weighted by atomic mass is 9.99. The van der Waals surface area contributed by atoms with Gasteiger partial charge < -0.3 is 16.2 Å². The van der Waals surface area contributed by atoms with Crippen molar-refractivity contribution in [2.75, 3.05) is 5.32 Å². The smallest absolute Gasteiger partial charge is 0.336 e. The summed E-state index contributed by atoms with van der Waals surface area (Å²) in [4.78, 5) is 23.0. The van der Waals surface area contributed by atoms with Gasteiger partial charge in [0.05, 0.1) is 11.6 Å². The van der Waals surface area contributed by atoms with Crippen molar-refractivity contribution >= 4 is 17.6 Å². The summed E-state index contributed by atoms with van der Waals surface area (Å²) in [6, 6.07) is 4.17. The summed E-state index contributed by atoms with van der Waals surface area (Å²) in [5.74, 6) is -1.23. The molecule has 0 spiro atoms. The summed E-state index contributed by atoms with van der Waals surface area (Å²) in [6.07, 6.45) is 0.808. The quantitative estimate of drug-likeness (QED) is 0.758. The standard InChI is InChI=1S/C14H20N2O3/c1-4-8(2)12(15)13(17)16-11-7-5-6-10(9(11)3)14(18)19/h5-8,12H,4,15H2,1-3H3,(H,16,17)(H,18,19)/t8-,12-/m0/s1. The van der Waals surface area contributed by atoms with Gasteiger partial charge in [-0.2, -0.15) is 0 Å². The second-order valence-corrected chi connectivity index (χ2v) is 4.68. The van der Waals surface area contributed by atoms with Crippen LogP contribution in [0, 0.1) is 12.8 Å². The van der Waals surface area contributed by atoms with Gasteiger partial charge in [0, 0.05) is 5.69 Å². The minimum atomic E-state index is -1.01. The number of carboxylic acids is 1. The Kier molecular flexibility index (Phi) is 5.06. The number of carboxylic acid groups (broad SMARTS) is 1. The predicted octanol–water partition coefficient (Wildman–Crippen LogP) is 2.01. The third-order valence-electron chi connectivity index (χ3n) is 3.38. The van der Waals surface area contributed by atoms with Gasteiger partial charge in [0.1, 0.15) is 0 Å². The molecule has 1 amide bonds. The molecule has 0 aliphatic rings. The van der Waals surface area contributed by atoms with E-state index >= 15 is 0 Å². The fourth-order valence-corrected chi connectivity index (χ4v) is 1.73. The van der Waals surface area contributed by atoms with Crippen LogP contribution in [0.25, 0.3) is 0 Å². The number of carbonyl (C=O) groups excluding carboxylic acids is 1. The molecule has 19 heavy (non-hydrogen) atoms. The Balaban J connectivity index is 2.92. The third kappa shape index (κ3) is 3.54. The van der Waals surface area contributed by atoms with Crippen molar-refractivity contribution in [3.8, 4) is 0 Å². The van der Waals surface area contributed by atoms with Crippen LogP contribution in [0.3, 0.4) is 0 Å². The van der Waals surface area contributed by atoms with Crippen molar-refractivity contribution in [3.63, 3.8) is 0 Å². The Labute approximate surface area is 112 Å². The van der Waals surface area contributed by atoms with Crippen LogP contribution in [0.5, 0.6) is 0 Å². The monoisotopic (exact) mass is 264 g/mol. The zero-order valence-electron chi connectivity index (χ0n) is 11.4. The summed E-state index contributed by atoms with van der Waals surface area (Å²) in [5.41, 5.74) is 7.03. The van der Waals surface area contributed by atoms with E-state index < -0.39 is 12.0 Å². The van der Waals surface area contributed by atoms with Crippen molar-refractivity contribution < 1.29 is 14.7 Å². The summed E-state index contributed by atoms with van der Waals surface area (Å²) in [6.45, 7) is 5.53. The van der Waals surface area contributed by atoms with Crippen LogP contribution in [-0.2, 0) is 4.79 Å². The number of nitrogens with one attached hydrogen (secondary N) is 1. The summed E-state index contributed by atoms with van der Waals surface area (Å²) in [5, 5.41) is 11.7. The molecule has 0 saturated carbocycles. The summed E-state index contributed by atoms with van der Waals surface area (Å²) < 4.78 is 0. The zero-order chi connectivity index (χ0) is 14.6. The Morgan fingerprint density at radius 3 is 2.58 bits per heavy atom. The van der Waals surface area contributed by atoms with Crippen LogP contribution >= 0.6 is 0 Å². The number of hydrogen-bond acceptors (Lipinski definition) is 3. The molecule has 2 atom stereocenters. The van der Waals surface area contributed by atoms with Gasteiger partial charge in [0.15, 0.2) is 0 Å². The average molecular weight is 264 g/mol. The number of aromatic carboxylic acids is 1. The summed E-state index contributed by atoms with van der Waals surface area (Å²) >= 11 is 0. The second-order valence-electron chi connectivity index (χ2n) is 4.68. The zero-order valence-corrected chi connectivity index (χ0v) is 11.4. The predicted molar refractivity (Wildman–Crippen MR) is 74.2 cm³/mol. The van der Waals surface area contributed by atoms with Crippen LogP contribution < -0.4 is 11.1 Å². The van der Waals surface area contributed by atoms with Crippen molar-refractivity contribution in [2.24, 2.45) is 11.7 Å². The highest BCUT2D eigenvalue weighted by atomic mass is 16.4. The van der Waals surface area contributed by atoms with Gasteiger partial charge in [-0.1, -0.05) is 26.3 Å². The fraction of sp³-hybridized carbons (Fsp3) is 0.429. The molecule has 5 heteroatoms. The van der Waals surface area contributed by atoms with Crippen molar-refractivity contribution in [1.29, 1.82) is 0 Å². The highest BCUT2D eigenvalue weighted by molar-refractivity contribution is 5.98. The van der Waals surface area contributed by atoms with Gasteiger partial charge >= 0.3 is 5.97 Å². The van der Waals surface area contributed by atoms with E-state index in [0.717, 1.165) is 6.42 Å². The first-order valence-electron chi connectivity index (χ1n) is 6.27. The van der Waals surface area contributed by atoms with Gasteiger partial charge in [-0.05, 0) is 30.5 Å². The highest BCUT2D eigenvalue weighted by Gasteiger charge is 2.20. The number of anilines is 1. The highest BCUT2D eigenvalue weighted by Crippen LogP contribution is 2.19. The Hall–Kier alpha value is -1.88. The first kappa shape index (κ1) is 15.2. The molecule has 1 aromatic carbocycles. The van der Waals surface area contributed by atoms with Gasteiger partial charge in [-0.3, -0.25) is 4.79 Å². The number of amides is 1. The normalized spacial score (nSPS) is 13.7. The van der Waals surface area contributed by atoms with Crippen molar-refractivity contribution in [2.45, 2.75) is 33.2 Å². The molecule has 4 N–H and O–H groups in total. The molecular weight excluding hydrogens is 244 g/mol. The molecular formula is C14H20N2O3.